The second-order valence-electron chi connectivity index (χ2n) is 5.09. The molecule has 0 radical (unpaired) electrons. The van der Waals surface area contributed by atoms with E-state index >= 15 is 0 Å². The number of nitrogen functional groups attached to an aromatic ring is 1. The first-order valence-corrected chi connectivity index (χ1v) is 6.69. The molecule has 0 aliphatic carbocycles. The summed E-state index contributed by atoms with van der Waals surface area (Å²) < 4.78 is 1.83. The van der Waals surface area contributed by atoms with Crippen LogP contribution in [-0.4, -0.2) is 16.3 Å². The van der Waals surface area contributed by atoms with Gasteiger partial charge in [0.25, 0.3) is 0 Å². The highest BCUT2D eigenvalue weighted by molar-refractivity contribution is 5.65. The van der Waals surface area contributed by atoms with E-state index in [0.29, 0.717) is 5.92 Å². The zero-order chi connectivity index (χ0) is 13.8. The molecule has 1 aromatic heterocycles. The van der Waals surface area contributed by atoms with Gasteiger partial charge in [0.15, 0.2) is 0 Å². The zero-order valence-corrected chi connectivity index (χ0v) is 11.9. The van der Waals surface area contributed by atoms with Crippen molar-refractivity contribution in [1.29, 1.82) is 0 Å². The number of anilines is 2. The Balaban J connectivity index is 2.00. The molecule has 2 rings (SSSR count). The number of aromatic nitrogens is 2. The Hall–Kier alpha value is -1.97. The molecule has 4 heteroatoms. The van der Waals surface area contributed by atoms with E-state index in [1.54, 1.807) is 0 Å². The third-order valence-electron chi connectivity index (χ3n) is 3.21. The maximum atomic E-state index is 6.14. The number of rotatable bonds is 5. The summed E-state index contributed by atoms with van der Waals surface area (Å²) in [5.74, 6) is 1.26. The van der Waals surface area contributed by atoms with Gasteiger partial charge in [0.2, 0.25) is 0 Å². The van der Waals surface area contributed by atoms with E-state index in [1.165, 1.54) is 5.56 Å². The van der Waals surface area contributed by atoms with E-state index in [0.717, 1.165) is 30.2 Å². The van der Waals surface area contributed by atoms with Crippen LogP contribution in [0.3, 0.4) is 0 Å². The summed E-state index contributed by atoms with van der Waals surface area (Å²) in [5.41, 5.74) is 9.19. The molecule has 0 spiro atoms. The summed E-state index contributed by atoms with van der Waals surface area (Å²) in [4.78, 5) is 0. The molecule has 0 atom stereocenters. The van der Waals surface area contributed by atoms with Gasteiger partial charge in [-0.1, -0.05) is 44.2 Å². The van der Waals surface area contributed by atoms with E-state index in [1.807, 2.05) is 17.8 Å². The highest BCUT2D eigenvalue weighted by atomic mass is 15.3. The molecule has 0 saturated carbocycles. The third kappa shape index (κ3) is 3.08. The zero-order valence-electron chi connectivity index (χ0n) is 11.9. The molecule has 2 aromatic rings. The maximum Gasteiger partial charge on any atom is 0.147 e. The average Bonchev–Trinajstić information content (AvgIpc) is 2.68. The molecule has 1 aromatic carbocycles. The van der Waals surface area contributed by atoms with Crippen LogP contribution in [0.4, 0.5) is 11.5 Å². The second kappa shape index (κ2) is 5.78. The lowest BCUT2D eigenvalue weighted by molar-refractivity contribution is 0.715. The van der Waals surface area contributed by atoms with Crippen LogP contribution in [-0.2, 0) is 13.5 Å². The quantitative estimate of drug-likeness (QED) is 0.867. The molecule has 3 N–H and O–H groups in total. The van der Waals surface area contributed by atoms with Crippen LogP contribution in [0.5, 0.6) is 0 Å². The molecule has 102 valence electrons. The summed E-state index contributed by atoms with van der Waals surface area (Å²) in [6, 6.07) is 10.4. The van der Waals surface area contributed by atoms with Crippen LogP contribution in [0.1, 0.15) is 31.0 Å². The summed E-state index contributed by atoms with van der Waals surface area (Å²) >= 11 is 0. The lowest BCUT2D eigenvalue weighted by Gasteiger charge is -2.08. The van der Waals surface area contributed by atoms with Gasteiger partial charge in [-0.05, 0) is 17.9 Å². The fourth-order valence-electron chi connectivity index (χ4n) is 2.17. The first kappa shape index (κ1) is 13.5. The van der Waals surface area contributed by atoms with Crippen molar-refractivity contribution in [2.45, 2.75) is 26.2 Å². The lowest BCUT2D eigenvalue weighted by Crippen LogP contribution is -2.09. The number of aryl methyl sites for hydroxylation is 1. The van der Waals surface area contributed by atoms with Gasteiger partial charge >= 0.3 is 0 Å². The first-order valence-electron chi connectivity index (χ1n) is 6.69. The third-order valence-corrected chi connectivity index (χ3v) is 3.21. The fraction of sp³-hybridized carbons (Fsp3) is 0.400. The molecule has 0 bridgehead atoms. The molecule has 1 heterocycles. The molecule has 0 aliphatic rings. The standard InChI is InChI=1S/C15H22N4/c1-11(2)14-13(16)15(19(3)18-14)17-10-9-12-7-5-4-6-8-12/h4-8,11,17H,9-10,16H2,1-3H3. The molecule has 0 aliphatic heterocycles. The Bertz CT molecular complexity index is 529. The number of benzene rings is 1. The SMILES string of the molecule is CC(C)c1nn(C)c(NCCc2ccccc2)c1N. The van der Waals surface area contributed by atoms with Crippen LogP contribution in [0.2, 0.25) is 0 Å². The van der Waals surface area contributed by atoms with E-state index in [9.17, 15) is 0 Å². The van der Waals surface area contributed by atoms with Crippen molar-refractivity contribution in [2.75, 3.05) is 17.6 Å². The Labute approximate surface area is 114 Å². The number of nitrogens with one attached hydrogen (secondary N) is 1. The Morgan fingerprint density at radius 2 is 1.95 bits per heavy atom. The van der Waals surface area contributed by atoms with Crippen LogP contribution >= 0.6 is 0 Å². The van der Waals surface area contributed by atoms with Gasteiger partial charge in [-0.15, -0.1) is 0 Å². The molecule has 19 heavy (non-hydrogen) atoms. The van der Waals surface area contributed by atoms with Gasteiger partial charge < -0.3 is 11.1 Å². The minimum atomic E-state index is 0.343. The highest BCUT2D eigenvalue weighted by Crippen LogP contribution is 2.27. The fourth-order valence-corrected chi connectivity index (χ4v) is 2.17. The largest absolute Gasteiger partial charge is 0.394 e. The second-order valence-corrected chi connectivity index (χ2v) is 5.09. The molecule has 0 unspecified atom stereocenters. The smallest absolute Gasteiger partial charge is 0.147 e. The summed E-state index contributed by atoms with van der Waals surface area (Å²) in [5, 5.41) is 7.84. The molecule has 4 nitrogen and oxygen atoms in total. The average molecular weight is 258 g/mol. The van der Waals surface area contributed by atoms with Gasteiger partial charge in [-0.2, -0.15) is 5.10 Å². The van der Waals surface area contributed by atoms with Crippen molar-refractivity contribution in [2.24, 2.45) is 7.05 Å². The van der Waals surface area contributed by atoms with Crippen LogP contribution in [0.15, 0.2) is 30.3 Å². The molecule has 0 amide bonds. The Morgan fingerprint density at radius 1 is 1.26 bits per heavy atom. The predicted octanol–water partition coefficient (Wildman–Crippen LogP) is 2.78. The lowest BCUT2D eigenvalue weighted by atomic mass is 10.1. The monoisotopic (exact) mass is 258 g/mol. The van der Waals surface area contributed by atoms with E-state index in [-0.39, 0.29) is 0 Å². The van der Waals surface area contributed by atoms with Crippen molar-refractivity contribution in [1.82, 2.24) is 9.78 Å². The predicted molar refractivity (Wildman–Crippen MR) is 80.3 cm³/mol. The van der Waals surface area contributed by atoms with Gasteiger partial charge in [-0.25, -0.2) is 0 Å². The first-order chi connectivity index (χ1) is 9.09. The van der Waals surface area contributed by atoms with Crippen molar-refractivity contribution in [3.05, 3.63) is 41.6 Å². The summed E-state index contributed by atoms with van der Waals surface area (Å²) in [6.45, 7) is 5.06. The van der Waals surface area contributed by atoms with Gasteiger partial charge in [-0.3, -0.25) is 4.68 Å². The minimum Gasteiger partial charge on any atom is -0.394 e. The maximum absolute atomic E-state index is 6.14. The van der Waals surface area contributed by atoms with E-state index in [4.69, 9.17) is 5.73 Å². The minimum absolute atomic E-state index is 0.343. The van der Waals surface area contributed by atoms with E-state index in [2.05, 4.69) is 48.5 Å². The van der Waals surface area contributed by atoms with Gasteiger partial charge in [0, 0.05) is 13.6 Å². The molecular weight excluding hydrogens is 236 g/mol. The van der Waals surface area contributed by atoms with Gasteiger partial charge in [0.1, 0.15) is 5.82 Å². The topological polar surface area (TPSA) is 55.9 Å². The Morgan fingerprint density at radius 3 is 2.53 bits per heavy atom. The molecule has 0 saturated heterocycles. The molecule has 0 fully saturated rings. The van der Waals surface area contributed by atoms with Crippen molar-refractivity contribution in [3.8, 4) is 0 Å². The number of hydrogen-bond donors (Lipinski definition) is 2. The Kier molecular flexibility index (Phi) is 4.10. The number of nitrogens with zero attached hydrogens (tertiary/aromatic N) is 2. The van der Waals surface area contributed by atoms with Gasteiger partial charge in [0.05, 0.1) is 11.4 Å². The number of hydrogen-bond acceptors (Lipinski definition) is 3. The van der Waals surface area contributed by atoms with Crippen LogP contribution in [0, 0.1) is 0 Å². The normalized spacial score (nSPS) is 10.9. The highest BCUT2D eigenvalue weighted by Gasteiger charge is 2.15. The summed E-state index contributed by atoms with van der Waals surface area (Å²) in [6.07, 6.45) is 0.975. The number of nitrogens with two attached hydrogens (primary N) is 1. The van der Waals surface area contributed by atoms with Crippen molar-refractivity contribution < 1.29 is 0 Å². The van der Waals surface area contributed by atoms with Crippen molar-refractivity contribution >= 4 is 11.5 Å². The van der Waals surface area contributed by atoms with Crippen molar-refractivity contribution in [3.63, 3.8) is 0 Å². The van der Waals surface area contributed by atoms with Crippen LogP contribution < -0.4 is 11.1 Å². The van der Waals surface area contributed by atoms with E-state index < -0.39 is 0 Å². The van der Waals surface area contributed by atoms with Crippen LogP contribution in [0.25, 0.3) is 0 Å². The molecular formula is C15H22N4. The summed E-state index contributed by atoms with van der Waals surface area (Å²) in [7, 11) is 1.92.